The Balaban J connectivity index is 1.92. The highest BCUT2D eigenvalue weighted by Gasteiger charge is 2.37. The molecule has 1 nitrogen and oxygen atoms in total. The van der Waals surface area contributed by atoms with Crippen molar-refractivity contribution in [3.8, 4) is 5.75 Å². The lowest BCUT2D eigenvalue weighted by molar-refractivity contribution is 0.168. The summed E-state index contributed by atoms with van der Waals surface area (Å²) in [5.41, 5.74) is 3.05. The van der Waals surface area contributed by atoms with E-state index in [9.17, 15) is 0 Å². The first-order valence-corrected chi connectivity index (χ1v) is 7.72. The molecule has 0 atom stereocenters. The van der Waals surface area contributed by atoms with E-state index >= 15 is 0 Å². The number of alkyl halides is 1. The SMILES string of the molecule is Clc1cc2c(c(CC3(CBr)CCC3)c1)OCC2. The van der Waals surface area contributed by atoms with E-state index in [0.717, 1.165) is 35.6 Å². The zero-order valence-electron chi connectivity index (χ0n) is 9.77. The molecule has 1 fully saturated rings. The number of hydrogen-bond donors (Lipinski definition) is 0. The van der Waals surface area contributed by atoms with Crippen molar-refractivity contribution in [3.05, 3.63) is 28.3 Å². The van der Waals surface area contributed by atoms with Gasteiger partial charge in [0, 0.05) is 16.8 Å². The van der Waals surface area contributed by atoms with Gasteiger partial charge in [-0.1, -0.05) is 34.0 Å². The Bertz CT molecular complexity index is 435. The maximum atomic E-state index is 6.19. The van der Waals surface area contributed by atoms with Crippen molar-refractivity contribution in [1.29, 1.82) is 0 Å². The van der Waals surface area contributed by atoms with Crippen LogP contribution in [0.3, 0.4) is 0 Å². The number of hydrogen-bond acceptors (Lipinski definition) is 1. The Hall–Kier alpha value is -0.210. The molecule has 1 aliphatic carbocycles. The van der Waals surface area contributed by atoms with Gasteiger partial charge in [0.2, 0.25) is 0 Å². The van der Waals surface area contributed by atoms with Crippen molar-refractivity contribution >= 4 is 27.5 Å². The summed E-state index contributed by atoms with van der Waals surface area (Å²) < 4.78 is 5.77. The Morgan fingerprint density at radius 2 is 2.18 bits per heavy atom. The standard InChI is InChI=1S/C14H16BrClO/c15-9-14(3-1-4-14)8-11-7-12(16)6-10-2-5-17-13(10)11/h6-7H,1-5,8-9H2. The molecule has 0 spiro atoms. The maximum absolute atomic E-state index is 6.19. The normalized spacial score (nSPS) is 20.6. The van der Waals surface area contributed by atoms with Gasteiger partial charge in [-0.25, -0.2) is 0 Å². The fraction of sp³-hybridized carbons (Fsp3) is 0.571. The highest BCUT2D eigenvalue weighted by atomic mass is 79.9. The monoisotopic (exact) mass is 314 g/mol. The van der Waals surface area contributed by atoms with Crippen molar-refractivity contribution in [1.82, 2.24) is 0 Å². The Kier molecular flexibility index (Phi) is 3.12. The number of rotatable bonds is 3. The third-order valence-electron chi connectivity index (χ3n) is 4.09. The van der Waals surface area contributed by atoms with Gasteiger partial charge in [-0.2, -0.15) is 0 Å². The second-order valence-electron chi connectivity index (χ2n) is 5.32. The molecule has 1 heterocycles. The minimum absolute atomic E-state index is 0.449. The second-order valence-corrected chi connectivity index (χ2v) is 6.31. The summed E-state index contributed by atoms with van der Waals surface area (Å²) in [7, 11) is 0. The van der Waals surface area contributed by atoms with Crippen LogP contribution in [0.4, 0.5) is 0 Å². The van der Waals surface area contributed by atoms with Crippen LogP contribution >= 0.6 is 27.5 Å². The average molecular weight is 316 g/mol. The topological polar surface area (TPSA) is 9.23 Å². The first-order chi connectivity index (χ1) is 8.22. The summed E-state index contributed by atoms with van der Waals surface area (Å²) >= 11 is 9.86. The largest absolute Gasteiger partial charge is 0.493 e. The molecule has 1 aromatic rings. The first kappa shape index (κ1) is 11.9. The van der Waals surface area contributed by atoms with Crippen LogP contribution < -0.4 is 4.74 Å². The molecular weight excluding hydrogens is 300 g/mol. The number of benzene rings is 1. The molecule has 1 aromatic carbocycles. The molecular formula is C14H16BrClO. The molecule has 0 radical (unpaired) electrons. The number of fused-ring (bicyclic) bond motifs is 1. The predicted molar refractivity (Wildman–Crippen MR) is 74.4 cm³/mol. The van der Waals surface area contributed by atoms with Crippen molar-refractivity contribution in [2.24, 2.45) is 5.41 Å². The highest BCUT2D eigenvalue weighted by Crippen LogP contribution is 2.47. The zero-order valence-corrected chi connectivity index (χ0v) is 12.1. The van der Waals surface area contributed by atoms with Crippen molar-refractivity contribution in [2.45, 2.75) is 32.1 Å². The van der Waals surface area contributed by atoms with E-state index in [4.69, 9.17) is 16.3 Å². The molecule has 92 valence electrons. The van der Waals surface area contributed by atoms with Gasteiger partial charge in [0.05, 0.1) is 6.61 Å². The van der Waals surface area contributed by atoms with Crippen LogP contribution in [0.5, 0.6) is 5.75 Å². The first-order valence-electron chi connectivity index (χ1n) is 6.23. The molecule has 2 aliphatic rings. The van der Waals surface area contributed by atoms with Crippen LogP contribution in [0.1, 0.15) is 30.4 Å². The van der Waals surface area contributed by atoms with E-state index in [-0.39, 0.29) is 0 Å². The van der Waals surface area contributed by atoms with Crippen molar-refractivity contribution in [2.75, 3.05) is 11.9 Å². The minimum Gasteiger partial charge on any atom is -0.493 e. The second kappa shape index (κ2) is 4.47. The summed E-state index contributed by atoms with van der Waals surface area (Å²) in [5.74, 6) is 1.11. The molecule has 0 aromatic heterocycles. The smallest absolute Gasteiger partial charge is 0.125 e. The van der Waals surface area contributed by atoms with Gasteiger partial charge in [-0.15, -0.1) is 0 Å². The lowest BCUT2D eigenvalue weighted by Gasteiger charge is -2.41. The van der Waals surface area contributed by atoms with Crippen molar-refractivity contribution < 1.29 is 4.74 Å². The zero-order chi connectivity index (χ0) is 11.9. The fourth-order valence-electron chi connectivity index (χ4n) is 2.92. The van der Waals surface area contributed by atoms with Crippen LogP contribution in [0.25, 0.3) is 0 Å². The Labute approximate surface area is 116 Å². The molecule has 0 bridgehead atoms. The molecule has 1 saturated carbocycles. The van der Waals surface area contributed by atoms with E-state index in [1.165, 1.54) is 30.4 Å². The van der Waals surface area contributed by atoms with E-state index < -0.39 is 0 Å². The Morgan fingerprint density at radius 3 is 2.82 bits per heavy atom. The van der Waals surface area contributed by atoms with E-state index in [2.05, 4.69) is 28.1 Å². The quantitative estimate of drug-likeness (QED) is 0.752. The molecule has 0 amide bonds. The average Bonchev–Trinajstić information content (AvgIpc) is 2.71. The third kappa shape index (κ3) is 2.10. The van der Waals surface area contributed by atoms with Crippen LogP contribution in [0, 0.1) is 5.41 Å². The molecule has 0 saturated heterocycles. The van der Waals surface area contributed by atoms with E-state index in [0.29, 0.717) is 5.41 Å². The minimum atomic E-state index is 0.449. The van der Waals surface area contributed by atoms with Crippen LogP contribution in [0.15, 0.2) is 12.1 Å². The number of ether oxygens (including phenoxy) is 1. The van der Waals surface area contributed by atoms with Gasteiger partial charge in [0.1, 0.15) is 5.75 Å². The molecule has 0 N–H and O–H groups in total. The Morgan fingerprint density at radius 1 is 1.35 bits per heavy atom. The van der Waals surface area contributed by atoms with Gasteiger partial charge in [0.25, 0.3) is 0 Å². The van der Waals surface area contributed by atoms with Gasteiger partial charge < -0.3 is 4.74 Å². The maximum Gasteiger partial charge on any atom is 0.125 e. The van der Waals surface area contributed by atoms with Gasteiger partial charge in [-0.05, 0) is 47.9 Å². The summed E-state index contributed by atoms with van der Waals surface area (Å²) in [6.45, 7) is 0.810. The summed E-state index contributed by atoms with van der Waals surface area (Å²) in [5, 5.41) is 1.94. The van der Waals surface area contributed by atoms with Gasteiger partial charge in [0.15, 0.2) is 0 Å². The van der Waals surface area contributed by atoms with Crippen LogP contribution in [-0.2, 0) is 12.8 Å². The molecule has 3 heteroatoms. The predicted octanol–water partition coefficient (Wildman–Crippen LogP) is 4.38. The highest BCUT2D eigenvalue weighted by molar-refractivity contribution is 9.09. The summed E-state index contributed by atoms with van der Waals surface area (Å²) in [4.78, 5) is 0. The number of halogens is 2. The molecule has 3 rings (SSSR count). The van der Waals surface area contributed by atoms with E-state index in [1.54, 1.807) is 0 Å². The van der Waals surface area contributed by atoms with Crippen LogP contribution in [-0.4, -0.2) is 11.9 Å². The fourth-order valence-corrected chi connectivity index (χ4v) is 3.94. The third-order valence-corrected chi connectivity index (χ3v) is 5.50. The lowest BCUT2D eigenvalue weighted by atomic mass is 9.67. The van der Waals surface area contributed by atoms with Gasteiger partial charge >= 0.3 is 0 Å². The molecule has 1 aliphatic heterocycles. The van der Waals surface area contributed by atoms with Crippen LogP contribution in [0.2, 0.25) is 5.02 Å². The van der Waals surface area contributed by atoms with E-state index in [1.807, 2.05) is 0 Å². The summed E-state index contributed by atoms with van der Waals surface area (Å²) in [6, 6.07) is 4.14. The molecule has 17 heavy (non-hydrogen) atoms. The molecule has 0 unspecified atom stereocenters. The summed E-state index contributed by atoms with van der Waals surface area (Å²) in [6.07, 6.45) is 6.10. The van der Waals surface area contributed by atoms with Gasteiger partial charge in [-0.3, -0.25) is 0 Å². The lowest BCUT2D eigenvalue weighted by Crippen LogP contribution is -2.33. The van der Waals surface area contributed by atoms with Crippen molar-refractivity contribution in [3.63, 3.8) is 0 Å².